The van der Waals surface area contributed by atoms with E-state index in [1.807, 2.05) is 55.5 Å². The Balaban J connectivity index is 1.71. The highest BCUT2D eigenvalue weighted by Gasteiger charge is 2.12. The fourth-order valence-corrected chi connectivity index (χ4v) is 3.44. The Morgan fingerprint density at radius 2 is 2.04 bits per heavy atom. The molecule has 128 valence electrons. The van der Waals surface area contributed by atoms with Gasteiger partial charge in [0.05, 0.1) is 16.8 Å². The largest absolute Gasteiger partial charge is 0.325 e. The molecule has 5 heteroatoms. The molecule has 1 N–H and O–H groups in total. The van der Waals surface area contributed by atoms with Crippen molar-refractivity contribution in [1.29, 1.82) is 0 Å². The van der Waals surface area contributed by atoms with Gasteiger partial charge < -0.3 is 9.88 Å². The second-order valence-electron chi connectivity index (χ2n) is 5.92. The minimum absolute atomic E-state index is 0.0366. The summed E-state index contributed by atoms with van der Waals surface area (Å²) in [5.74, 6) is 0.276. The molecule has 0 spiro atoms. The number of nitrogens with one attached hydrogen (secondary N) is 1. The summed E-state index contributed by atoms with van der Waals surface area (Å²) in [5, 5.41) is 3.78. The summed E-state index contributed by atoms with van der Waals surface area (Å²) in [7, 11) is 0. The third-order valence-electron chi connectivity index (χ3n) is 4.05. The number of thioether (sulfide) groups is 1. The summed E-state index contributed by atoms with van der Waals surface area (Å²) in [6.45, 7) is 8.58. The van der Waals surface area contributed by atoms with Gasteiger partial charge in [0, 0.05) is 12.2 Å². The molecule has 2 aromatic carbocycles. The van der Waals surface area contributed by atoms with Gasteiger partial charge in [-0.15, -0.1) is 6.58 Å². The number of fused-ring (bicyclic) bond motifs is 1. The van der Waals surface area contributed by atoms with Crippen LogP contribution in [0.3, 0.4) is 0 Å². The third kappa shape index (κ3) is 3.94. The first-order chi connectivity index (χ1) is 12.1. The molecule has 1 aromatic heterocycles. The molecule has 0 unspecified atom stereocenters. The number of aromatic nitrogens is 2. The lowest BCUT2D eigenvalue weighted by atomic mass is 10.1. The molecule has 0 aliphatic carbocycles. The fraction of sp³-hybridized carbons (Fsp3) is 0.200. The van der Waals surface area contributed by atoms with Crippen molar-refractivity contribution in [2.75, 3.05) is 11.1 Å². The molecule has 0 radical (unpaired) electrons. The number of carbonyl (C=O) groups is 1. The van der Waals surface area contributed by atoms with E-state index in [1.54, 1.807) is 0 Å². The third-order valence-corrected chi connectivity index (χ3v) is 5.03. The number of carbonyl (C=O) groups excluding carboxylic acids is 1. The van der Waals surface area contributed by atoms with Crippen LogP contribution in [0.5, 0.6) is 0 Å². The molecule has 0 aliphatic heterocycles. The van der Waals surface area contributed by atoms with Crippen LogP contribution in [-0.2, 0) is 11.3 Å². The maximum Gasteiger partial charge on any atom is 0.234 e. The topological polar surface area (TPSA) is 46.9 Å². The van der Waals surface area contributed by atoms with Crippen LogP contribution in [0.15, 0.2) is 60.3 Å². The van der Waals surface area contributed by atoms with Gasteiger partial charge in [0.1, 0.15) is 0 Å². The molecular weight excluding hydrogens is 330 g/mol. The lowest BCUT2D eigenvalue weighted by Crippen LogP contribution is -2.14. The normalized spacial score (nSPS) is 10.8. The summed E-state index contributed by atoms with van der Waals surface area (Å²) in [6.07, 6.45) is 1.84. The average molecular weight is 351 g/mol. The predicted octanol–water partition coefficient (Wildman–Crippen LogP) is 4.57. The number of rotatable bonds is 6. The number of nitrogens with zero attached hydrogens (tertiary/aromatic N) is 2. The Morgan fingerprint density at radius 3 is 2.80 bits per heavy atom. The van der Waals surface area contributed by atoms with Gasteiger partial charge in [-0.3, -0.25) is 4.79 Å². The molecule has 3 rings (SSSR count). The van der Waals surface area contributed by atoms with Crippen molar-refractivity contribution in [3.05, 3.63) is 66.2 Å². The molecule has 3 aromatic rings. The van der Waals surface area contributed by atoms with Gasteiger partial charge in [0.15, 0.2) is 5.16 Å². The summed E-state index contributed by atoms with van der Waals surface area (Å²) < 4.78 is 2.08. The highest BCUT2D eigenvalue weighted by Crippen LogP contribution is 2.24. The van der Waals surface area contributed by atoms with Crippen molar-refractivity contribution >= 4 is 34.4 Å². The van der Waals surface area contributed by atoms with Crippen LogP contribution in [0.2, 0.25) is 0 Å². The highest BCUT2D eigenvalue weighted by molar-refractivity contribution is 7.99. The maximum atomic E-state index is 12.3. The van der Waals surface area contributed by atoms with Gasteiger partial charge in [-0.2, -0.15) is 0 Å². The summed E-state index contributed by atoms with van der Waals surface area (Å²) in [4.78, 5) is 16.9. The second-order valence-corrected chi connectivity index (χ2v) is 6.86. The smallest absolute Gasteiger partial charge is 0.234 e. The van der Waals surface area contributed by atoms with Crippen LogP contribution in [0.4, 0.5) is 5.69 Å². The molecule has 0 aliphatic rings. The number of hydrogen-bond donors (Lipinski definition) is 1. The lowest BCUT2D eigenvalue weighted by molar-refractivity contribution is -0.113. The van der Waals surface area contributed by atoms with Crippen LogP contribution in [0, 0.1) is 13.8 Å². The number of hydrogen-bond acceptors (Lipinski definition) is 3. The zero-order valence-corrected chi connectivity index (χ0v) is 15.3. The lowest BCUT2D eigenvalue weighted by Gasteiger charge is -2.08. The summed E-state index contributed by atoms with van der Waals surface area (Å²) in [6, 6.07) is 13.9. The second kappa shape index (κ2) is 7.57. The molecule has 4 nitrogen and oxygen atoms in total. The Kier molecular flexibility index (Phi) is 5.24. The van der Waals surface area contributed by atoms with Crippen molar-refractivity contribution in [2.45, 2.75) is 25.5 Å². The molecule has 0 bridgehead atoms. The zero-order valence-electron chi connectivity index (χ0n) is 14.5. The van der Waals surface area contributed by atoms with E-state index in [0.29, 0.717) is 12.3 Å². The van der Waals surface area contributed by atoms with Gasteiger partial charge in [0.2, 0.25) is 5.91 Å². The van der Waals surface area contributed by atoms with Gasteiger partial charge in [-0.05, 0) is 49.2 Å². The molecule has 0 atom stereocenters. The van der Waals surface area contributed by atoms with Gasteiger partial charge in [-0.1, -0.05) is 36.0 Å². The van der Waals surface area contributed by atoms with Crippen LogP contribution >= 0.6 is 11.8 Å². The molecule has 0 fully saturated rings. The van der Waals surface area contributed by atoms with Gasteiger partial charge in [-0.25, -0.2) is 4.98 Å². The molecule has 0 saturated carbocycles. The number of amides is 1. The standard InChI is InChI=1S/C20H21N3OS/c1-4-11-23-18-8-6-5-7-17(18)22-20(23)25-13-19(24)21-16-10-9-14(2)15(3)12-16/h4-10,12H,1,11,13H2,2-3H3,(H,21,24). The maximum absolute atomic E-state index is 12.3. The van der Waals surface area contributed by atoms with Crippen molar-refractivity contribution < 1.29 is 4.79 Å². The Morgan fingerprint density at radius 1 is 1.24 bits per heavy atom. The van der Waals surface area contributed by atoms with E-state index in [9.17, 15) is 4.79 Å². The molecule has 25 heavy (non-hydrogen) atoms. The molecule has 0 saturated heterocycles. The van der Waals surface area contributed by atoms with Crippen LogP contribution in [0.25, 0.3) is 11.0 Å². The average Bonchev–Trinajstić information content (AvgIpc) is 2.95. The monoisotopic (exact) mass is 351 g/mol. The predicted molar refractivity (Wildman–Crippen MR) is 105 cm³/mol. The minimum atomic E-state index is -0.0366. The number of allylic oxidation sites excluding steroid dienone is 1. The highest BCUT2D eigenvalue weighted by atomic mass is 32.2. The Hall–Kier alpha value is -2.53. The van der Waals surface area contributed by atoms with E-state index in [0.717, 1.165) is 21.9 Å². The SMILES string of the molecule is C=CCn1c(SCC(=O)Nc2ccc(C)c(C)c2)nc2ccccc21. The Labute approximate surface area is 152 Å². The van der Waals surface area contributed by atoms with Crippen LogP contribution < -0.4 is 5.32 Å². The van der Waals surface area contributed by atoms with E-state index >= 15 is 0 Å². The number of benzene rings is 2. The van der Waals surface area contributed by atoms with E-state index < -0.39 is 0 Å². The Bertz CT molecular complexity index is 930. The number of para-hydroxylation sites is 2. The van der Waals surface area contributed by atoms with Crippen molar-refractivity contribution in [3.8, 4) is 0 Å². The first kappa shape index (κ1) is 17.3. The van der Waals surface area contributed by atoms with Crippen LogP contribution in [-0.4, -0.2) is 21.2 Å². The van der Waals surface area contributed by atoms with Gasteiger partial charge >= 0.3 is 0 Å². The molecule has 1 amide bonds. The van der Waals surface area contributed by atoms with Crippen molar-refractivity contribution in [2.24, 2.45) is 0 Å². The summed E-state index contributed by atoms with van der Waals surface area (Å²) in [5.41, 5.74) is 5.19. The summed E-state index contributed by atoms with van der Waals surface area (Å²) >= 11 is 1.44. The van der Waals surface area contributed by atoms with E-state index in [4.69, 9.17) is 0 Å². The van der Waals surface area contributed by atoms with E-state index in [-0.39, 0.29) is 5.91 Å². The fourth-order valence-electron chi connectivity index (χ4n) is 2.62. The van der Waals surface area contributed by atoms with Crippen molar-refractivity contribution in [3.63, 3.8) is 0 Å². The minimum Gasteiger partial charge on any atom is -0.325 e. The quantitative estimate of drug-likeness (QED) is 0.523. The zero-order chi connectivity index (χ0) is 17.8. The first-order valence-electron chi connectivity index (χ1n) is 8.14. The number of imidazole rings is 1. The molecular formula is C20H21N3OS. The van der Waals surface area contributed by atoms with E-state index in [2.05, 4.69) is 28.4 Å². The first-order valence-corrected chi connectivity index (χ1v) is 9.13. The van der Waals surface area contributed by atoms with Crippen molar-refractivity contribution in [1.82, 2.24) is 9.55 Å². The van der Waals surface area contributed by atoms with E-state index in [1.165, 1.54) is 22.9 Å². The molecule has 1 heterocycles. The van der Waals surface area contributed by atoms with Gasteiger partial charge in [0.25, 0.3) is 0 Å². The number of anilines is 1. The number of aryl methyl sites for hydroxylation is 2. The van der Waals surface area contributed by atoms with Crippen LogP contribution in [0.1, 0.15) is 11.1 Å².